The number of hydrogen-bond acceptors (Lipinski definition) is 4. The molecule has 178 valence electrons. The highest BCUT2D eigenvalue weighted by molar-refractivity contribution is 6.31. The molecule has 1 aliphatic heterocycles. The molecular weight excluding hydrogens is 459 g/mol. The molecule has 3 rings (SSSR count). The second kappa shape index (κ2) is 10.9. The van der Waals surface area contributed by atoms with Crippen LogP contribution in [0, 0.1) is 5.82 Å². The Kier molecular flexibility index (Phi) is 8.20. The van der Waals surface area contributed by atoms with Gasteiger partial charge in [0.1, 0.15) is 11.6 Å². The quantitative estimate of drug-likeness (QED) is 0.599. The first-order valence-corrected chi connectivity index (χ1v) is 10.8. The van der Waals surface area contributed by atoms with Gasteiger partial charge in [-0.25, -0.2) is 4.39 Å². The van der Waals surface area contributed by atoms with Crippen LogP contribution in [-0.2, 0) is 11.3 Å². The molecule has 2 aromatic carbocycles. The molecule has 0 spiro atoms. The number of likely N-dealkylation sites (N-methyl/N-ethyl adjacent to an activating group) is 1. The van der Waals surface area contributed by atoms with E-state index in [9.17, 15) is 22.8 Å². The molecule has 1 fully saturated rings. The molecular formula is C23H25ClF3N3O3. The second-order valence-corrected chi connectivity index (χ2v) is 8.18. The van der Waals surface area contributed by atoms with Crippen LogP contribution in [0.4, 0.5) is 13.2 Å². The second-order valence-electron chi connectivity index (χ2n) is 7.77. The van der Waals surface area contributed by atoms with E-state index in [2.05, 4.69) is 4.74 Å². The Morgan fingerprint density at radius 3 is 2.39 bits per heavy atom. The number of halogens is 4. The van der Waals surface area contributed by atoms with Gasteiger partial charge in [-0.15, -0.1) is 0 Å². The van der Waals surface area contributed by atoms with E-state index in [-0.39, 0.29) is 34.4 Å². The molecule has 1 heterocycles. The molecule has 0 N–H and O–H groups in total. The van der Waals surface area contributed by atoms with Crippen LogP contribution in [0.3, 0.4) is 0 Å². The van der Waals surface area contributed by atoms with Crippen molar-refractivity contribution in [3.8, 4) is 5.75 Å². The Labute approximate surface area is 195 Å². The van der Waals surface area contributed by atoms with Crippen LogP contribution in [-0.4, -0.2) is 72.4 Å². The Morgan fingerprint density at radius 2 is 1.76 bits per heavy atom. The Hall–Kier alpha value is -2.78. The monoisotopic (exact) mass is 483 g/mol. The molecule has 0 saturated carbocycles. The van der Waals surface area contributed by atoms with Crippen LogP contribution in [0.15, 0.2) is 42.5 Å². The van der Waals surface area contributed by atoms with E-state index in [1.54, 1.807) is 31.0 Å². The van der Waals surface area contributed by atoms with Crippen LogP contribution >= 0.6 is 11.6 Å². The number of hydrogen-bond donors (Lipinski definition) is 0. The van der Waals surface area contributed by atoms with Gasteiger partial charge >= 0.3 is 6.61 Å². The number of alkyl halides is 2. The summed E-state index contributed by atoms with van der Waals surface area (Å²) >= 11 is 6.07. The fourth-order valence-electron chi connectivity index (χ4n) is 3.80. The van der Waals surface area contributed by atoms with Gasteiger partial charge in [0.25, 0.3) is 5.91 Å². The van der Waals surface area contributed by atoms with E-state index in [1.165, 1.54) is 35.2 Å². The van der Waals surface area contributed by atoms with Gasteiger partial charge in [0.05, 0.1) is 11.6 Å². The highest BCUT2D eigenvalue weighted by Crippen LogP contribution is 2.24. The van der Waals surface area contributed by atoms with E-state index in [4.69, 9.17) is 11.6 Å². The number of para-hydroxylation sites is 1. The van der Waals surface area contributed by atoms with Crippen LogP contribution in [0.5, 0.6) is 5.75 Å². The van der Waals surface area contributed by atoms with Gasteiger partial charge in [0.2, 0.25) is 5.91 Å². The molecule has 10 heteroatoms. The SMILES string of the molecule is CC(C(=O)N(C)Cc1c(F)cccc1Cl)N1CCN(C(=O)c2ccccc2OC(F)F)CC1. The number of ether oxygens (including phenoxy) is 1. The number of piperazine rings is 1. The summed E-state index contributed by atoms with van der Waals surface area (Å²) in [6.45, 7) is 0.248. The summed E-state index contributed by atoms with van der Waals surface area (Å²) in [5.41, 5.74) is 0.319. The van der Waals surface area contributed by atoms with Gasteiger partial charge in [-0.2, -0.15) is 8.78 Å². The fraction of sp³-hybridized carbons (Fsp3) is 0.391. The summed E-state index contributed by atoms with van der Waals surface area (Å²) in [5, 5.41) is 0.255. The van der Waals surface area contributed by atoms with Gasteiger partial charge in [-0.05, 0) is 31.2 Å². The van der Waals surface area contributed by atoms with Crippen LogP contribution in [0.1, 0.15) is 22.8 Å². The fourth-order valence-corrected chi connectivity index (χ4v) is 4.02. The molecule has 1 unspecified atom stereocenters. The molecule has 1 saturated heterocycles. The third kappa shape index (κ3) is 5.97. The molecule has 0 aliphatic carbocycles. The highest BCUT2D eigenvalue weighted by Gasteiger charge is 2.30. The molecule has 1 atom stereocenters. The van der Waals surface area contributed by atoms with Crippen molar-refractivity contribution in [2.24, 2.45) is 0 Å². The van der Waals surface area contributed by atoms with Crippen LogP contribution in [0.2, 0.25) is 5.02 Å². The third-order valence-corrected chi connectivity index (χ3v) is 6.03. The van der Waals surface area contributed by atoms with Gasteiger partial charge in [-0.1, -0.05) is 29.8 Å². The van der Waals surface area contributed by atoms with E-state index < -0.39 is 24.4 Å². The van der Waals surface area contributed by atoms with Gasteiger partial charge in [0, 0.05) is 50.4 Å². The number of rotatable bonds is 7. The summed E-state index contributed by atoms with van der Waals surface area (Å²) in [6, 6.07) is 9.75. The first-order valence-electron chi connectivity index (χ1n) is 10.4. The van der Waals surface area contributed by atoms with Crippen LogP contribution < -0.4 is 4.74 Å². The average Bonchev–Trinajstić information content (AvgIpc) is 2.80. The minimum Gasteiger partial charge on any atom is -0.434 e. The van der Waals surface area contributed by atoms with Crippen LogP contribution in [0.25, 0.3) is 0 Å². The van der Waals surface area contributed by atoms with E-state index in [0.717, 1.165) is 0 Å². The van der Waals surface area contributed by atoms with Gasteiger partial charge < -0.3 is 14.5 Å². The Bertz CT molecular complexity index is 980. The zero-order valence-electron chi connectivity index (χ0n) is 18.3. The number of nitrogens with zero attached hydrogens (tertiary/aromatic N) is 3. The minimum atomic E-state index is -3.03. The van der Waals surface area contributed by atoms with Crippen molar-refractivity contribution in [1.29, 1.82) is 0 Å². The van der Waals surface area contributed by atoms with Crippen molar-refractivity contribution >= 4 is 23.4 Å². The summed E-state index contributed by atoms with van der Waals surface area (Å²) in [4.78, 5) is 30.6. The molecule has 2 amide bonds. The van der Waals surface area contributed by atoms with Crippen molar-refractivity contribution in [3.05, 3.63) is 64.4 Å². The predicted octanol–water partition coefficient (Wildman–Crippen LogP) is 3.89. The Balaban J connectivity index is 1.59. The summed E-state index contributed by atoms with van der Waals surface area (Å²) < 4.78 is 43.8. The lowest BCUT2D eigenvalue weighted by atomic mass is 10.1. The largest absolute Gasteiger partial charge is 0.434 e. The maximum atomic E-state index is 14.1. The molecule has 0 radical (unpaired) electrons. The van der Waals surface area contributed by atoms with E-state index in [0.29, 0.717) is 26.2 Å². The minimum absolute atomic E-state index is 0.0358. The number of benzene rings is 2. The first kappa shape index (κ1) is 24.9. The zero-order chi connectivity index (χ0) is 24.1. The smallest absolute Gasteiger partial charge is 0.387 e. The van der Waals surface area contributed by atoms with Crippen molar-refractivity contribution in [1.82, 2.24) is 14.7 Å². The normalized spacial score (nSPS) is 15.4. The lowest BCUT2D eigenvalue weighted by Gasteiger charge is -2.38. The predicted molar refractivity (Wildman–Crippen MR) is 118 cm³/mol. The maximum absolute atomic E-state index is 14.1. The number of carbonyl (C=O) groups excluding carboxylic acids is 2. The van der Waals surface area contributed by atoms with Gasteiger partial charge in [0.15, 0.2) is 0 Å². The molecule has 6 nitrogen and oxygen atoms in total. The number of carbonyl (C=O) groups is 2. The summed E-state index contributed by atoms with van der Waals surface area (Å²) in [6.07, 6.45) is 0. The molecule has 0 bridgehead atoms. The van der Waals surface area contributed by atoms with E-state index >= 15 is 0 Å². The lowest BCUT2D eigenvalue weighted by Crippen LogP contribution is -2.55. The van der Waals surface area contributed by atoms with Gasteiger partial charge in [-0.3, -0.25) is 14.5 Å². The molecule has 1 aliphatic rings. The van der Waals surface area contributed by atoms with Crippen molar-refractivity contribution in [3.63, 3.8) is 0 Å². The highest BCUT2D eigenvalue weighted by atomic mass is 35.5. The topological polar surface area (TPSA) is 53.1 Å². The zero-order valence-corrected chi connectivity index (χ0v) is 19.1. The standard InChI is InChI=1S/C23H25ClF3N3O3/c1-15(21(31)28(2)14-17-18(24)7-5-8-19(17)25)29-10-12-30(13-11-29)22(32)16-6-3-4-9-20(16)33-23(26)27/h3-9,15,23H,10-14H2,1-2H3. The average molecular weight is 484 g/mol. The van der Waals surface area contributed by atoms with E-state index in [1.807, 2.05) is 4.90 Å². The Morgan fingerprint density at radius 1 is 1.09 bits per heavy atom. The lowest BCUT2D eigenvalue weighted by molar-refractivity contribution is -0.136. The summed E-state index contributed by atoms with van der Waals surface area (Å²) in [5.74, 6) is -1.25. The first-order chi connectivity index (χ1) is 15.7. The maximum Gasteiger partial charge on any atom is 0.387 e. The molecule has 33 heavy (non-hydrogen) atoms. The number of amides is 2. The third-order valence-electron chi connectivity index (χ3n) is 5.67. The van der Waals surface area contributed by atoms with Crippen molar-refractivity contribution in [2.45, 2.75) is 26.1 Å². The molecule has 0 aromatic heterocycles. The van der Waals surface area contributed by atoms with Crippen molar-refractivity contribution < 1.29 is 27.5 Å². The molecule has 2 aromatic rings. The van der Waals surface area contributed by atoms with Crippen molar-refractivity contribution in [2.75, 3.05) is 33.2 Å². The summed E-state index contributed by atoms with van der Waals surface area (Å²) in [7, 11) is 1.58.